The minimum absolute atomic E-state index is 0.160. The largest absolute Gasteiger partial charge is 0.326 e. The molecule has 1 amide bonds. The zero-order valence-electron chi connectivity index (χ0n) is 14.4. The summed E-state index contributed by atoms with van der Waals surface area (Å²) in [5.74, 6) is -0.207. The number of hydrogen-bond acceptors (Lipinski definition) is 4. The monoisotopic (exact) mass is 396 g/mol. The zero-order valence-corrected chi connectivity index (χ0v) is 16.0. The Morgan fingerprint density at radius 1 is 0.852 bits per heavy atom. The first-order chi connectivity index (χ1) is 13.0. The van der Waals surface area contributed by atoms with E-state index in [-0.39, 0.29) is 10.8 Å². The van der Waals surface area contributed by atoms with Crippen LogP contribution in [0.5, 0.6) is 0 Å². The van der Waals surface area contributed by atoms with Crippen LogP contribution in [0.15, 0.2) is 87.5 Å². The molecule has 5 nitrogen and oxygen atoms in total. The van der Waals surface area contributed by atoms with Crippen molar-refractivity contribution >= 4 is 44.8 Å². The maximum atomic E-state index is 13.5. The Labute approximate surface area is 162 Å². The average molecular weight is 396 g/mol. The summed E-state index contributed by atoms with van der Waals surface area (Å²) >= 11 is 1.55. The van der Waals surface area contributed by atoms with Gasteiger partial charge in [0.15, 0.2) is 0 Å². The van der Waals surface area contributed by atoms with Crippen LogP contribution in [0.1, 0.15) is 6.92 Å². The van der Waals surface area contributed by atoms with Crippen molar-refractivity contribution in [2.75, 3.05) is 9.62 Å². The third-order valence-electron chi connectivity index (χ3n) is 4.10. The van der Waals surface area contributed by atoms with Crippen LogP contribution in [0.4, 0.5) is 17.1 Å². The number of anilines is 3. The van der Waals surface area contributed by atoms with Crippen molar-refractivity contribution in [2.24, 2.45) is 0 Å². The van der Waals surface area contributed by atoms with Gasteiger partial charge in [-0.25, -0.2) is 12.7 Å². The van der Waals surface area contributed by atoms with Gasteiger partial charge in [-0.2, -0.15) is 0 Å². The number of para-hydroxylation sites is 2. The fourth-order valence-corrected chi connectivity index (χ4v) is 5.65. The lowest BCUT2D eigenvalue weighted by molar-refractivity contribution is -0.114. The Bertz CT molecular complexity index is 1080. The SMILES string of the molecule is CC(=O)Nc1ccc(S(=O)(=O)N2c3ccccc3Sc3ccccc32)cc1. The summed E-state index contributed by atoms with van der Waals surface area (Å²) in [6, 6.07) is 21.1. The molecule has 1 aliphatic rings. The highest BCUT2D eigenvalue weighted by Crippen LogP contribution is 2.50. The average Bonchev–Trinajstić information content (AvgIpc) is 2.66. The van der Waals surface area contributed by atoms with E-state index in [0.29, 0.717) is 17.1 Å². The van der Waals surface area contributed by atoms with Gasteiger partial charge in [-0.1, -0.05) is 36.0 Å². The summed E-state index contributed by atoms with van der Waals surface area (Å²) in [6.45, 7) is 1.41. The Morgan fingerprint density at radius 2 is 1.37 bits per heavy atom. The topological polar surface area (TPSA) is 66.5 Å². The van der Waals surface area contributed by atoms with Crippen LogP contribution in [-0.4, -0.2) is 14.3 Å². The Morgan fingerprint density at radius 3 is 1.89 bits per heavy atom. The summed E-state index contributed by atoms with van der Waals surface area (Å²) in [7, 11) is -3.83. The van der Waals surface area contributed by atoms with Crippen molar-refractivity contribution in [1.82, 2.24) is 0 Å². The molecule has 1 heterocycles. The number of nitrogens with zero attached hydrogens (tertiary/aromatic N) is 1. The van der Waals surface area contributed by atoms with Crippen LogP contribution in [0.3, 0.4) is 0 Å². The first kappa shape index (κ1) is 17.6. The second kappa shape index (κ2) is 6.75. The standard InChI is InChI=1S/C20H16N2O3S2/c1-14(23)21-15-10-12-16(13-11-15)27(24,25)22-17-6-2-4-8-19(17)26-20-9-5-3-7-18(20)22/h2-13H,1H3,(H,21,23). The molecule has 7 heteroatoms. The summed E-state index contributed by atoms with van der Waals surface area (Å²) in [5, 5.41) is 2.64. The van der Waals surface area contributed by atoms with Gasteiger partial charge in [0.1, 0.15) is 0 Å². The predicted molar refractivity (Wildman–Crippen MR) is 107 cm³/mol. The molecular weight excluding hydrogens is 380 g/mol. The number of nitrogens with one attached hydrogen (secondary N) is 1. The molecule has 1 aliphatic heterocycles. The molecule has 3 aromatic carbocycles. The summed E-state index contributed by atoms with van der Waals surface area (Å²) in [4.78, 5) is 13.1. The van der Waals surface area contributed by atoms with Gasteiger partial charge < -0.3 is 5.32 Å². The van der Waals surface area contributed by atoms with Gasteiger partial charge in [-0.05, 0) is 48.5 Å². The van der Waals surface area contributed by atoms with E-state index >= 15 is 0 Å². The van der Waals surface area contributed by atoms with E-state index in [1.807, 2.05) is 48.5 Å². The first-order valence-corrected chi connectivity index (χ1v) is 10.5. The number of carbonyl (C=O) groups excluding carboxylic acids is 1. The van der Waals surface area contributed by atoms with Gasteiger partial charge in [0.25, 0.3) is 10.0 Å². The van der Waals surface area contributed by atoms with Crippen molar-refractivity contribution in [3.63, 3.8) is 0 Å². The molecule has 0 bridgehead atoms. The Balaban J connectivity index is 1.83. The number of amides is 1. The molecule has 1 N–H and O–H groups in total. The van der Waals surface area contributed by atoms with E-state index in [9.17, 15) is 13.2 Å². The zero-order chi connectivity index (χ0) is 19.0. The summed E-state index contributed by atoms with van der Waals surface area (Å²) in [5.41, 5.74) is 1.82. The van der Waals surface area contributed by atoms with Gasteiger partial charge in [0, 0.05) is 22.4 Å². The summed E-state index contributed by atoms with van der Waals surface area (Å²) < 4.78 is 28.3. The lowest BCUT2D eigenvalue weighted by Crippen LogP contribution is -2.28. The van der Waals surface area contributed by atoms with E-state index in [0.717, 1.165) is 9.79 Å². The Hall–Kier alpha value is -2.77. The number of fused-ring (bicyclic) bond motifs is 2. The highest BCUT2D eigenvalue weighted by molar-refractivity contribution is 8.00. The molecule has 3 aromatic rings. The molecule has 0 atom stereocenters. The van der Waals surface area contributed by atoms with E-state index in [1.54, 1.807) is 23.9 Å². The molecule has 0 aromatic heterocycles. The number of sulfonamides is 1. The van der Waals surface area contributed by atoms with Crippen molar-refractivity contribution < 1.29 is 13.2 Å². The minimum Gasteiger partial charge on any atom is -0.326 e. The smallest absolute Gasteiger partial charge is 0.268 e. The van der Waals surface area contributed by atoms with Crippen molar-refractivity contribution in [3.8, 4) is 0 Å². The molecule has 0 saturated heterocycles. The number of benzene rings is 3. The molecular formula is C20H16N2O3S2. The van der Waals surface area contributed by atoms with Crippen molar-refractivity contribution in [3.05, 3.63) is 72.8 Å². The maximum Gasteiger partial charge on any atom is 0.268 e. The van der Waals surface area contributed by atoms with E-state index in [2.05, 4.69) is 5.32 Å². The van der Waals surface area contributed by atoms with E-state index in [4.69, 9.17) is 0 Å². The molecule has 0 fully saturated rings. The van der Waals surface area contributed by atoms with Crippen LogP contribution in [0, 0.1) is 0 Å². The van der Waals surface area contributed by atoms with Crippen LogP contribution in [0.25, 0.3) is 0 Å². The van der Waals surface area contributed by atoms with Crippen LogP contribution in [-0.2, 0) is 14.8 Å². The number of hydrogen-bond donors (Lipinski definition) is 1. The lowest BCUT2D eigenvalue weighted by Gasteiger charge is -2.31. The molecule has 4 rings (SSSR count). The first-order valence-electron chi connectivity index (χ1n) is 8.26. The van der Waals surface area contributed by atoms with Crippen molar-refractivity contribution in [1.29, 1.82) is 0 Å². The highest BCUT2D eigenvalue weighted by atomic mass is 32.2. The number of rotatable bonds is 3. The minimum atomic E-state index is -3.83. The third kappa shape index (κ3) is 3.20. The van der Waals surface area contributed by atoms with E-state index in [1.165, 1.54) is 23.4 Å². The molecule has 0 spiro atoms. The molecule has 0 saturated carbocycles. The van der Waals surface area contributed by atoms with Gasteiger partial charge in [0.05, 0.1) is 16.3 Å². The number of carbonyl (C=O) groups is 1. The molecule has 27 heavy (non-hydrogen) atoms. The summed E-state index contributed by atoms with van der Waals surface area (Å²) in [6.07, 6.45) is 0. The molecule has 0 unspecified atom stereocenters. The quantitative estimate of drug-likeness (QED) is 0.701. The van der Waals surface area contributed by atoms with Crippen molar-refractivity contribution in [2.45, 2.75) is 21.6 Å². The molecule has 0 radical (unpaired) electrons. The lowest BCUT2D eigenvalue weighted by atomic mass is 10.2. The second-order valence-electron chi connectivity index (χ2n) is 6.01. The van der Waals surface area contributed by atoms with E-state index < -0.39 is 10.0 Å². The molecule has 0 aliphatic carbocycles. The normalized spacial score (nSPS) is 12.9. The predicted octanol–water partition coefficient (Wildman–Crippen LogP) is 4.64. The Kier molecular flexibility index (Phi) is 4.41. The highest BCUT2D eigenvalue weighted by Gasteiger charge is 2.33. The maximum absolute atomic E-state index is 13.5. The van der Waals surface area contributed by atoms with Gasteiger partial charge in [0.2, 0.25) is 5.91 Å². The fraction of sp³-hybridized carbons (Fsp3) is 0.0500. The van der Waals surface area contributed by atoms with Gasteiger partial charge in [-0.15, -0.1) is 0 Å². The van der Waals surface area contributed by atoms with Crippen LogP contribution in [0.2, 0.25) is 0 Å². The third-order valence-corrected chi connectivity index (χ3v) is 6.97. The fourth-order valence-electron chi connectivity index (χ4n) is 2.95. The molecule has 136 valence electrons. The van der Waals surface area contributed by atoms with Gasteiger partial charge >= 0.3 is 0 Å². The van der Waals surface area contributed by atoms with Gasteiger partial charge in [-0.3, -0.25) is 4.79 Å². The second-order valence-corrected chi connectivity index (χ2v) is 8.88. The van der Waals surface area contributed by atoms with Crippen LogP contribution >= 0.6 is 11.8 Å². The van der Waals surface area contributed by atoms with Crippen LogP contribution < -0.4 is 9.62 Å².